The molecular formula is C11H15IO. The fraction of sp³-hybridized carbons (Fsp3) is 0.455. The van der Waals surface area contributed by atoms with E-state index in [0.29, 0.717) is 0 Å². The van der Waals surface area contributed by atoms with E-state index < -0.39 is 0 Å². The number of aliphatic hydroxyl groups excluding tert-OH is 1. The van der Waals surface area contributed by atoms with Crippen LogP contribution in [0.2, 0.25) is 0 Å². The molecule has 0 saturated heterocycles. The highest BCUT2D eigenvalue weighted by molar-refractivity contribution is 14.1. The highest BCUT2D eigenvalue weighted by Gasteiger charge is 2.05. The summed E-state index contributed by atoms with van der Waals surface area (Å²) in [5, 5.41) is 9.74. The van der Waals surface area contributed by atoms with Crippen LogP contribution in [0.25, 0.3) is 0 Å². The first-order valence-corrected chi connectivity index (χ1v) is 5.75. The Morgan fingerprint density at radius 1 is 1.31 bits per heavy atom. The first kappa shape index (κ1) is 11.0. The number of aliphatic hydroxyl groups is 1. The Morgan fingerprint density at radius 2 is 1.92 bits per heavy atom. The van der Waals surface area contributed by atoms with Gasteiger partial charge >= 0.3 is 0 Å². The zero-order valence-electron chi connectivity index (χ0n) is 7.83. The molecule has 0 amide bonds. The second kappa shape index (κ2) is 5.60. The summed E-state index contributed by atoms with van der Waals surface area (Å²) in [6, 6.07) is 8.07. The second-order valence-corrected chi connectivity index (χ2v) is 4.46. The minimum Gasteiger partial charge on any atom is -0.388 e. The quantitative estimate of drug-likeness (QED) is 0.841. The first-order chi connectivity index (χ1) is 6.24. The fourth-order valence-electron chi connectivity index (χ4n) is 1.25. The molecule has 1 N–H and O–H groups in total. The Bertz CT molecular complexity index is 243. The molecule has 0 saturated carbocycles. The number of hydrogen-bond donors (Lipinski definition) is 1. The van der Waals surface area contributed by atoms with Crippen molar-refractivity contribution in [2.24, 2.45) is 0 Å². The van der Waals surface area contributed by atoms with Crippen LogP contribution in [0.1, 0.15) is 37.9 Å². The van der Waals surface area contributed by atoms with Crippen LogP contribution >= 0.6 is 22.6 Å². The third kappa shape index (κ3) is 3.65. The van der Waals surface area contributed by atoms with Crippen molar-refractivity contribution >= 4 is 22.6 Å². The molecule has 1 unspecified atom stereocenters. The van der Waals surface area contributed by atoms with Gasteiger partial charge in [0.25, 0.3) is 0 Å². The molecule has 0 radical (unpaired) electrons. The topological polar surface area (TPSA) is 20.2 Å². The zero-order valence-corrected chi connectivity index (χ0v) is 9.99. The predicted octanol–water partition coefficient (Wildman–Crippen LogP) is 3.51. The van der Waals surface area contributed by atoms with E-state index in [9.17, 15) is 5.11 Å². The van der Waals surface area contributed by atoms with Gasteiger partial charge in [-0.1, -0.05) is 31.9 Å². The van der Waals surface area contributed by atoms with Crippen molar-refractivity contribution in [3.05, 3.63) is 33.4 Å². The van der Waals surface area contributed by atoms with Gasteiger partial charge in [-0.2, -0.15) is 0 Å². The number of unbranched alkanes of at least 4 members (excludes halogenated alkanes) is 1. The van der Waals surface area contributed by atoms with Gasteiger partial charge in [0.1, 0.15) is 0 Å². The third-order valence-electron chi connectivity index (χ3n) is 2.09. The van der Waals surface area contributed by atoms with Crippen LogP contribution in [0.3, 0.4) is 0 Å². The predicted molar refractivity (Wildman–Crippen MR) is 63.6 cm³/mol. The molecule has 1 aromatic carbocycles. The Balaban J connectivity index is 2.55. The van der Waals surface area contributed by atoms with Crippen LogP contribution < -0.4 is 0 Å². The number of rotatable bonds is 4. The van der Waals surface area contributed by atoms with Crippen molar-refractivity contribution in [1.82, 2.24) is 0 Å². The van der Waals surface area contributed by atoms with Gasteiger partial charge < -0.3 is 5.11 Å². The Hall–Kier alpha value is -0.0900. The summed E-state index contributed by atoms with van der Waals surface area (Å²) in [7, 11) is 0. The first-order valence-electron chi connectivity index (χ1n) is 4.67. The normalized spacial score (nSPS) is 12.8. The monoisotopic (exact) mass is 290 g/mol. The molecule has 2 heteroatoms. The van der Waals surface area contributed by atoms with Crippen LogP contribution in [0.5, 0.6) is 0 Å². The summed E-state index contributed by atoms with van der Waals surface area (Å²) in [6.45, 7) is 2.14. The molecule has 0 aromatic heterocycles. The van der Waals surface area contributed by atoms with Crippen molar-refractivity contribution in [1.29, 1.82) is 0 Å². The second-order valence-electron chi connectivity index (χ2n) is 3.21. The van der Waals surface area contributed by atoms with Crippen molar-refractivity contribution in [2.75, 3.05) is 0 Å². The Labute approximate surface area is 93.3 Å². The van der Waals surface area contributed by atoms with Crippen LogP contribution in [-0.2, 0) is 0 Å². The molecule has 0 fully saturated rings. The van der Waals surface area contributed by atoms with Gasteiger partial charge in [0.15, 0.2) is 0 Å². The Morgan fingerprint density at radius 3 is 2.46 bits per heavy atom. The molecule has 13 heavy (non-hydrogen) atoms. The molecule has 1 atom stereocenters. The summed E-state index contributed by atoms with van der Waals surface area (Å²) in [4.78, 5) is 0. The van der Waals surface area contributed by atoms with Crippen molar-refractivity contribution in [2.45, 2.75) is 32.3 Å². The lowest BCUT2D eigenvalue weighted by atomic mass is 10.0. The minimum atomic E-state index is -0.281. The highest BCUT2D eigenvalue weighted by atomic mass is 127. The molecule has 1 aromatic rings. The number of benzene rings is 1. The maximum Gasteiger partial charge on any atom is 0.0790 e. The molecule has 0 bridgehead atoms. The SMILES string of the molecule is CCCCC(O)c1ccc(I)cc1. The number of hydrogen-bond acceptors (Lipinski definition) is 1. The van der Waals surface area contributed by atoms with E-state index in [1.165, 1.54) is 3.57 Å². The average molecular weight is 290 g/mol. The van der Waals surface area contributed by atoms with E-state index in [-0.39, 0.29) is 6.10 Å². The fourth-order valence-corrected chi connectivity index (χ4v) is 1.61. The molecule has 0 aliphatic rings. The van der Waals surface area contributed by atoms with Crippen LogP contribution in [0.15, 0.2) is 24.3 Å². The molecule has 0 aliphatic heterocycles. The average Bonchev–Trinajstić information content (AvgIpc) is 2.15. The van der Waals surface area contributed by atoms with Crippen molar-refractivity contribution in [3.8, 4) is 0 Å². The zero-order chi connectivity index (χ0) is 9.68. The Kier molecular flexibility index (Phi) is 4.73. The van der Waals surface area contributed by atoms with E-state index in [1.807, 2.05) is 24.3 Å². The van der Waals surface area contributed by atoms with Gasteiger partial charge in [-0.3, -0.25) is 0 Å². The van der Waals surface area contributed by atoms with Gasteiger partial charge in [0.05, 0.1) is 6.10 Å². The summed E-state index contributed by atoms with van der Waals surface area (Å²) >= 11 is 2.27. The largest absolute Gasteiger partial charge is 0.388 e. The van der Waals surface area contributed by atoms with E-state index in [1.54, 1.807) is 0 Å². The maximum absolute atomic E-state index is 9.74. The summed E-state index contributed by atoms with van der Waals surface area (Å²) in [6.07, 6.45) is 2.82. The number of halogens is 1. The van der Waals surface area contributed by atoms with Crippen molar-refractivity contribution < 1.29 is 5.11 Å². The van der Waals surface area contributed by atoms with Crippen molar-refractivity contribution in [3.63, 3.8) is 0 Å². The lowest BCUT2D eigenvalue weighted by Gasteiger charge is -2.09. The maximum atomic E-state index is 9.74. The lowest BCUT2D eigenvalue weighted by molar-refractivity contribution is 0.164. The van der Waals surface area contributed by atoms with Gasteiger partial charge in [0.2, 0.25) is 0 Å². The smallest absolute Gasteiger partial charge is 0.0790 e. The molecule has 0 spiro atoms. The van der Waals surface area contributed by atoms with Crippen LogP contribution in [-0.4, -0.2) is 5.11 Å². The molecule has 1 nitrogen and oxygen atoms in total. The van der Waals surface area contributed by atoms with E-state index in [2.05, 4.69) is 29.5 Å². The minimum absolute atomic E-state index is 0.281. The summed E-state index contributed by atoms with van der Waals surface area (Å²) < 4.78 is 1.21. The molecular weight excluding hydrogens is 275 g/mol. The van der Waals surface area contributed by atoms with Crippen LogP contribution in [0, 0.1) is 3.57 Å². The van der Waals surface area contributed by atoms with E-state index >= 15 is 0 Å². The standard InChI is InChI=1S/C11H15IO/c1-2-3-4-11(13)9-5-7-10(12)8-6-9/h5-8,11,13H,2-4H2,1H3. The van der Waals surface area contributed by atoms with Crippen LogP contribution in [0.4, 0.5) is 0 Å². The van der Waals surface area contributed by atoms with E-state index in [4.69, 9.17) is 0 Å². The third-order valence-corrected chi connectivity index (χ3v) is 2.81. The highest BCUT2D eigenvalue weighted by Crippen LogP contribution is 2.19. The molecule has 0 heterocycles. The summed E-state index contributed by atoms with van der Waals surface area (Å²) in [5.41, 5.74) is 1.04. The van der Waals surface area contributed by atoms with E-state index in [0.717, 1.165) is 24.8 Å². The van der Waals surface area contributed by atoms with Gasteiger partial charge in [-0.15, -0.1) is 0 Å². The lowest BCUT2D eigenvalue weighted by Crippen LogP contribution is -1.96. The molecule has 72 valence electrons. The summed E-state index contributed by atoms with van der Waals surface area (Å²) in [5.74, 6) is 0. The van der Waals surface area contributed by atoms with Gasteiger partial charge in [-0.05, 0) is 46.7 Å². The molecule has 1 rings (SSSR count). The van der Waals surface area contributed by atoms with Gasteiger partial charge in [0, 0.05) is 3.57 Å². The van der Waals surface area contributed by atoms with Gasteiger partial charge in [-0.25, -0.2) is 0 Å². The molecule has 0 aliphatic carbocycles.